The summed E-state index contributed by atoms with van der Waals surface area (Å²) in [4.78, 5) is 1.42. The third-order valence-electron chi connectivity index (χ3n) is 4.20. The Morgan fingerprint density at radius 1 is 1.26 bits per heavy atom. The van der Waals surface area contributed by atoms with Gasteiger partial charge in [-0.15, -0.1) is 11.3 Å². The van der Waals surface area contributed by atoms with Gasteiger partial charge in [0.25, 0.3) is 0 Å². The van der Waals surface area contributed by atoms with Crippen molar-refractivity contribution < 1.29 is 0 Å². The summed E-state index contributed by atoms with van der Waals surface area (Å²) in [5.41, 5.74) is 0. The van der Waals surface area contributed by atoms with Crippen molar-refractivity contribution in [3.05, 3.63) is 21.3 Å². The molecule has 0 aliphatic heterocycles. The summed E-state index contributed by atoms with van der Waals surface area (Å²) in [6, 6.07) is 4.75. The molecule has 1 saturated carbocycles. The topological polar surface area (TPSA) is 12.0 Å². The minimum atomic E-state index is 0.502. The lowest BCUT2D eigenvalue weighted by Crippen LogP contribution is -2.33. The lowest BCUT2D eigenvalue weighted by molar-refractivity contribution is 0.178. The van der Waals surface area contributed by atoms with E-state index in [0.717, 1.165) is 28.6 Å². The first-order valence-corrected chi connectivity index (χ1v) is 8.78. The zero-order chi connectivity index (χ0) is 13.8. The molecular weight excluding hydrogens is 274 g/mol. The first-order valence-electron chi connectivity index (χ1n) is 7.58. The van der Waals surface area contributed by atoms with Crippen LogP contribution in [0.2, 0.25) is 4.34 Å². The van der Waals surface area contributed by atoms with E-state index in [-0.39, 0.29) is 0 Å². The maximum Gasteiger partial charge on any atom is 0.0931 e. The summed E-state index contributed by atoms with van der Waals surface area (Å²) in [5, 5.41) is 3.76. The molecule has 3 atom stereocenters. The van der Waals surface area contributed by atoms with Gasteiger partial charge in [-0.05, 0) is 62.1 Å². The molecule has 1 aliphatic carbocycles. The summed E-state index contributed by atoms with van der Waals surface area (Å²) >= 11 is 7.87. The number of nitrogens with one attached hydrogen (secondary N) is 1. The van der Waals surface area contributed by atoms with Crippen molar-refractivity contribution in [2.24, 2.45) is 17.8 Å². The first kappa shape index (κ1) is 15.3. The molecule has 1 nitrogen and oxygen atoms in total. The van der Waals surface area contributed by atoms with E-state index in [4.69, 9.17) is 11.6 Å². The van der Waals surface area contributed by atoms with Crippen LogP contribution in [-0.2, 0) is 0 Å². The minimum absolute atomic E-state index is 0.502. The van der Waals surface area contributed by atoms with Crippen molar-refractivity contribution in [1.82, 2.24) is 5.32 Å². The van der Waals surface area contributed by atoms with E-state index < -0.39 is 0 Å². The normalized spacial score (nSPS) is 29.4. The fourth-order valence-electron chi connectivity index (χ4n) is 3.58. The average Bonchev–Trinajstić information content (AvgIpc) is 2.75. The van der Waals surface area contributed by atoms with Crippen LogP contribution in [0.5, 0.6) is 0 Å². The Balaban J connectivity index is 2.12. The largest absolute Gasteiger partial charge is 0.309 e. The fraction of sp³-hybridized carbons (Fsp3) is 0.750. The van der Waals surface area contributed by atoms with Crippen molar-refractivity contribution >= 4 is 22.9 Å². The highest BCUT2D eigenvalue weighted by Gasteiger charge is 2.31. The third kappa shape index (κ3) is 4.21. The lowest BCUT2D eigenvalue weighted by Gasteiger charge is -2.36. The summed E-state index contributed by atoms with van der Waals surface area (Å²) in [6.45, 7) is 8.14. The Morgan fingerprint density at radius 2 is 1.95 bits per heavy atom. The van der Waals surface area contributed by atoms with Crippen molar-refractivity contribution in [1.29, 1.82) is 0 Å². The molecule has 0 radical (unpaired) electrons. The molecule has 1 aromatic rings. The Morgan fingerprint density at radius 3 is 2.47 bits per heavy atom. The molecule has 0 spiro atoms. The van der Waals surface area contributed by atoms with Crippen LogP contribution >= 0.6 is 22.9 Å². The van der Waals surface area contributed by atoms with Gasteiger partial charge >= 0.3 is 0 Å². The standard InChI is InChI=1S/C16H26ClNS/c1-4-7-18-16(14-5-6-15(17)19-14)13-9-11(2)8-12(3)10-13/h5-6,11-13,16,18H,4,7-10H2,1-3H3. The van der Waals surface area contributed by atoms with E-state index in [1.807, 2.05) is 6.07 Å². The lowest BCUT2D eigenvalue weighted by atomic mass is 9.73. The predicted molar refractivity (Wildman–Crippen MR) is 86.0 cm³/mol. The highest BCUT2D eigenvalue weighted by Crippen LogP contribution is 2.41. The molecule has 1 aromatic heterocycles. The van der Waals surface area contributed by atoms with Gasteiger partial charge in [0.1, 0.15) is 0 Å². The molecule has 1 N–H and O–H groups in total. The highest BCUT2D eigenvalue weighted by molar-refractivity contribution is 7.16. The molecular formula is C16H26ClNS. The van der Waals surface area contributed by atoms with Crippen LogP contribution < -0.4 is 5.32 Å². The molecule has 19 heavy (non-hydrogen) atoms. The molecule has 1 aliphatic rings. The monoisotopic (exact) mass is 299 g/mol. The van der Waals surface area contributed by atoms with Gasteiger partial charge in [-0.2, -0.15) is 0 Å². The van der Waals surface area contributed by atoms with Crippen LogP contribution in [0.15, 0.2) is 12.1 Å². The van der Waals surface area contributed by atoms with Gasteiger partial charge in [0.15, 0.2) is 0 Å². The second kappa shape index (κ2) is 7.10. The smallest absolute Gasteiger partial charge is 0.0931 e. The van der Waals surface area contributed by atoms with Crippen LogP contribution in [0.3, 0.4) is 0 Å². The van der Waals surface area contributed by atoms with E-state index in [2.05, 4.69) is 32.2 Å². The quantitative estimate of drug-likeness (QED) is 0.755. The van der Waals surface area contributed by atoms with Crippen molar-refractivity contribution in [3.8, 4) is 0 Å². The maximum atomic E-state index is 6.13. The predicted octanol–water partition coefficient (Wildman–Crippen LogP) is 5.51. The van der Waals surface area contributed by atoms with Crippen molar-refractivity contribution in [2.75, 3.05) is 6.54 Å². The zero-order valence-corrected chi connectivity index (χ0v) is 13.9. The molecule has 3 heteroatoms. The van der Waals surface area contributed by atoms with Crippen LogP contribution in [0.1, 0.15) is 57.4 Å². The van der Waals surface area contributed by atoms with E-state index in [0.29, 0.717) is 6.04 Å². The Hall–Kier alpha value is -0.0500. The Labute approximate surface area is 126 Å². The fourth-order valence-corrected chi connectivity index (χ4v) is 4.81. The molecule has 0 aromatic carbocycles. The van der Waals surface area contributed by atoms with Crippen LogP contribution in [0.25, 0.3) is 0 Å². The van der Waals surface area contributed by atoms with Gasteiger partial charge in [-0.25, -0.2) is 0 Å². The summed E-state index contributed by atoms with van der Waals surface area (Å²) < 4.78 is 0.912. The summed E-state index contributed by atoms with van der Waals surface area (Å²) in [5.74, 6) is 2.48. The molecule has 1 fully saturated rings. The Kier molecular flexibility index (Phi) is 5.73. The molecule has 0 saturated heterocycles. The molecule has 2 rings (SSSR count). The minimum Gasteiger partial charge on any atom is -0.309 e. The first-order chi connectivity index (χ1) is 9.10. The average molecular weight is 300 g/mol. The number of thiophene rings is 1. The van der Waals surface area contributed by atoms with E-state index in [1.54, 1.807) is 11.3 Å². The highest BCUT2D eigenvalue weighted by atomic mass is 35.5. The molecule has 108 valence electrons. The van der Waals surface area contributed by atoms with E-state index in [9.17, 15) is 0 Å². The van der Waals surface area contributed by atoms with Crippen LogP contribution in [0.4, 0.5) is 0 Å². The van der Waals surface area contributed by atoms with E-state index >= 15 is 0 Å². The van der Waals surface area contributed by atoms with Gasteiger partial charge in [-0.1, -0.05) is 32.4 Å². The molecule has 0 bridgehead atoms. The second-order valence-corrected chi connectivity index (χ2v) is 8.00. The summed E-state index contributed by atoms with van der Waals surface area (Å²) in [6.07, 6.45) is 5.28. The maximum absolute atomic E-state index is 6.13. The van der Waals surface area contributed by atoms with Crippen molar-refractivity contribution in [2.45, 2.75) is 52.5 Å². The van der Waals surface area contributed by atoms with Crippen LogP contribution in [0, 0.1) is 17.8 Å². The van der Waals surface area contributed by atoms with Gasteiger partial charge in [0, 0.05) is 10.9 Å². The zero-order valence-electron chi connectivity index (χ0n) is 12.3. The molecule has 3 unspecified atom stereocenters. The number of halogens is 1. The van der Waals surface area contributed by atoms with Crippen molar-refractivity contribution in [3.63, 3.8) is 0 Å². The summed E-state index contributed by atoms with van der Waals surface area (Å²) in [7, 11) is 0. The van der Waals surface area contributed by atoms with Gasteiger partial charge < -0.3 is 5.32 Å². The van der Waals surface area contributed by atoms with E-state index in [1.165, 1.54) is 30.6 Å². The number of hydrogen-bond donors (Lipinski definition) is 1. The molecule has 1 heterocycles. The molecule has 0 amide bonds. The SMILES string of the molecule is CCCNC(c1ccc(Cl)s1)C1CC(C)CC(C)C1. The van der Waals surface area contributed by atoms with Gasteiger partial charge in [0.05, 0.1) is 4.34 Å². The second-order valence-electron chi connectivity index (χ2n) is 6.25. The number of rotatable bonds is 5. The Bertz CT molecular complexity index is 380. The van der Waals surface area contributed by atoms with Gasteiger partial charge in [-0.3, -0.25) is 0 Å². The number of hydrogen-bond acceptors (Lipinski definition) is 2. The van der Waals surface area contributed by atoms with Crippen LogP contribution in [-0.4, -0.2) is 6.54 Å². The van der Waals surface area contributed by atoms with Gasteiger partial charge in [0.2, 0.25) is 0 Å². The third-order valence-corrected chi connectivity index (χ3v) is 5.52.